The molecule has 0 atom stereocenters. The highest BCUT2D eigenvalue weighted by Crippen LogP contribution is 2.27. The molecule has 0 aliphatic carbocycles. The molecule has 1 aromatic carbocycles. The van der Waals surface area contributed by atoms with Crippen molar-refractivity contribution in [3.63, 3.8) is 0 Å². The molecule has 0 amide bonds. The van der Waals surface area contributed by atoms with Gasteiger partial charge in [0.05, 0.1) is 18.6 Å². The van der Waals surface area contributed by atoms with Crippen LogP contribution in [0.5, 0.6) is 0 Å². The first kappa shape index (κ1) is 21.9. The highest BCUT2D eigenvalue weighted by Gasteiger charge is 2.29. The summed E-state index contributed by atoms with van der Waals surface area (Å²) in [4.78, 5) is 4.34. The lowest BCUT2D eigenvalue weighted by Gasteiger charge is -2.28. The number of hydrogen-bond acceptors (Lipinski definition) is 7. The Morgan fingerprint density at radius 1 is 1.14 bits per heavy atom. The molecule has 160 valence electrons. The van der Waals surface area contributed by atoms with Gasteiger partial charge in [0, 0.05) is 26.1 Å². The van der Waals surface area contributed by atoms with Crippen LogP contribution in [0.4, 0.5) is 0 Å². The smallest absolute Gasteiger partial charge is 0.241 e. The molecule has 2 aromatic rings. The first-order valence-corrected chi connectivity index (χ1v) is 12.8. The summed E-state index contributed by atoms with van der Waals surface area (Å²) in [5, 5.41) is 3.98. The maximum absolute atomic E-state index is 12.6. The number of piperidine rings is 1. The zero-order chi connectivity index (χ0) is 21.2. The first-order valence-electron chi connectivity index (χ1n) is 9.32. The van der Waals surface area contributed by atoms with Crippen LogP contribution in [0, 0.1) is 6.92 Å². The van der Waals surface area contributed by atoms with Crippen LogP contribution in [0.1, 0.15) is 41.6 Å². The molecule has 1 aromatic heterocycles. The summed E-state index contributed by atoms with van der Waals surface area (Å²) in [5.74, 6) is 0.618. The molecule has 1 saturated heterocycles. The zero-order valence-corrected chi connectivity index (χ0v) is 18.4. The molecule has 0 spiro atoms. The SMILES string of the molecule is Cc1ccc(CS(=O)(=O)N(C)Cc2nc(C3CCN(S(C)(=O)=O)CC3)no2)cc1. The van der Waals surface area contributed by atoms with Gasteiger partial charge in [-0.1, -0.05) is 35.0 Å². The lowest BCUT2D eigenvalue weighted by molar-refractivity contribution is 0.302. The molecule has 29 heavy (non-hydrogen) atoms. The zero-order valence-electron chi connectivity index (χ0n) is 16.8. The first-order chi connectivity index (χ1) is 13.5. The topological polar surface area (TPSA) is 114 Å². The summed E-state index contributed by atoms with van der Waals surface area (Å²) in [6.45, 7) is 2.77. The summed E-state index contributed by atoms with van der Waals surface area (Å²) < 4.78 is 56.3. The molecule has 11 heteroatoms. The van der Waals surface area contributed by atoms with Crippen molar-refractivity contribution in [3.8, 4) is 0 Å². The van der Waals surface area contributed by atoms with Crippen LogP contribution in [0.2, 0.25) is 0 Å². The molecule has 1 fully saturated rings. The number of aryl methyl sites for hydroxylation is 1. The van der Waals surface area contributed by atoms with Crippen molar-refractivity contribution < 1.29 is 21.4 Å². The third kappa shape index (κ3) is 5.62. The van der Waals surface area contributed by atoms with Crippen molar-refractivity contribution in [3.05, 3.63) is 47.1 Å². The van der Waals surface area contributed by atoms with Gasteiger partial charge in [-0.2, -0.15) is 9.29 Å². The fourth-order valence-corrected chi connectivity index (χ4v) is 5.25. The Bertz CT molecular complexity index is 1040. The van der Waals surface area contributed by atoms with Crippen LogP contribution in [0.15, 0.2) is 28.8 Å². The molecule has 3 rings (SSSR count). The lowest BCUT2D eigenvalue weighted by Crippen LogP contribution is -2.37. The number of nitrogens with zero attached hydrogens (tertiary/aromatic N) is 4. The van der Waals surface area contributed by atoms with E-state index >= 15 is 0 Å². The van der Waals surface area contributed by atoms with Gasteiger partial charge < -0.3 is 4.52 Å². The number of hydrogen-bond donors (Lipinski definition) is 0. The van der Waals surface area contributed by atoms with E-state index in [0.29, 0.717) is 37.3 Å². The van der Waals surface area contributed by atoms with Gasteiger partial charge in [0.2, 0.25) is 25.9 Å². The minimum Gasteiger partial charge on any atom is -0.338 e. The van der Waals surface area contributed by atoms with Gasteiger partial charge in [-0.15, -0.1) is 0 Å². The van der Waals surface area contributed by atoms with Crippen molar-refractivity contribution in [1.82, 2.24) is 18.8 Å². The van der Waals surface area contributed by atoms with Crippen LogP contribution in [-0.4, -0.2) is 62.0 Å². The molecule has 0 bridgehead atoms. The normalized spacial score (nSPS) is 17.1. The van der Waals surface area contributed by atoms with Crippen molar-refractivity contribution in [2.75, 3.05) is 26.4 Å². The van der Waals surface area contributed by atoms with Crippen LogP contribution < -0.4 is 0 Å². The minimum atomic E-state index is -3.53. The van der Waals surface area contributed by atoms with Crippen molar-refractivity contribution in [1.29, 1.82) is 0 Å². The van der Waals surface area contributed by atoms with Crippen LogP contribution in [0.3, 0.4) is 0 Å². The monoisotopic (exact) mass is 442 g/mol. The van der Waals surface area contributed by atoms with E-state index in [1.807, 2.05) is 19.1 Å². The minimum absolute atomic E-state index is 0.0000262. The quantitative estimate of drug-likeness (QED) is 0.638. The van der Waals surface area contributed by atoms with E-state index in [-0.39, 0.29) is 24.1 Å². The maximum atomic E-state index is 12.6. The van der Waals surface area contributed by atoms with E-state index in [4.69, 9.17) is 4.52 Å². The van der Waals surface area contributed by atoms with Gasteiger partial charge in [0.1, 0.15) is 0 Å². The Balaban J connectivity index is 1.60. The molecule has 1 aliphatic heterocycles. The maximum Gasteiger partial charge on any atom is 0.241 e. The average Bonchev–Trinajstić information content (AvgIpc) is 3.11. The number of aromatic nitrogens is 2. The number of sulfonamides is 2. The van der Waals surface area contributed by atoms with E-state index in [9.17, 15) is 16.8 Å². The molecular weight excluding hydrogens is 416 g/mol. The highest BCUT2D eigenvalue weighted by molar-refractivity contribution is 7.88. The van der Waals surface area contributed by atoms with Gasteiger partial charge in [0.25, 0.3) is 0 Å². The average molecular weight is 443 g/mol. The van der Waals surface area contributed by atoms with Gasteiger partial charge in [-0.3, -0.25) is 0 Å². The van der Waals surface area contributed by atoms with E-state index in [0.717, 1.165) is 5.56 Å². The van der Waals surface area contributed by atoms with Gasteiger partial charge >= 0.3 is 0 Å². The molecular formula is C18H26N4O5S2. The van der Waals surface area contributed by atoms with Crippen molar-refractivity contribution in [2.24, 2.45) is 0 Å². The van der Waals surface area contributed by atoms with E-state index in [1.54, 1.807) is 12.1 Å². The Labute approximate surface area is 171 Å². The second kappa shape index (κ2) is 8.50. The van der Waals surface area contributed by atoms with E-state index in [2.05, 4.69) is 10.1 Å². The molecule has 0 unspecified atom stereocenters. The summed E-state index contributed by atoms with van der Waals surface area (Å²) in [6.07, 6.45) is 2.41. The lowest BCUT2D eigenvalue weighted by atomic mass is 9.98. The Morgan fingerprint density at radius 2 is 1.76 bits per heavy atom. The second-order valence-corrected chi connectivity index (χ2v) is 11.5. The predicted molar refractivity (Wildman–Crippen MR) is 108 cm³/mol. The fraction of sp³-hybridized carbons (Fsp3) is 0.556. The summed E-state index contributed by atoms with van der Waals surface area (Å²) in [7, 11) is -5.24. The number of rotatable bonds is 7. The third-order valence-electron chi connectivity index (χ3n) is 5.07. The van der Waals surface area contributed by atoms with Crippen LogP contribution in [0.25, 0.3) is 0 Å². The molecule has 0 N–H and O–H groups in total. The second-order valence-electron chi connectivity index (χ2n) is 7.48. The van der Waals surface area contributed by atoms with Gasteiger partial charge in [0.15, 0.2) is 5.82 Å². The van der Waals surface area contributed by atoms with Gasteiger partial charge in [-0.25, -0.2) is 21.1 Å². The Hall–Kier alpha value is -1.82. The summed E-state index contributed by atoms with van der Waals surface area (Å²) >= 11 is 0. The molecule has 0 saturated carbocycles. The highest BCUT2D eigenvalue weighted by atomic mass is 32.2. The number of benzene rings is 1. The van der Waals surface area contributed by atoms with Crippen molar-refractivity contribution in [2.45, 2.75) is 38.0 Å². The third-order valence-corrected chi connectivity index (χ3v) is 8.15. The predicted octanol–water partition coefficient (Wildman–Crippen LogP) is 1.48. The Morgan fingerprint density at radius 3 is 2.34 bits per heavy atom. The molecule has 9 nitrogen and oxygen atoms in total. The summed E-state index contributed by atoms with van der Waals surface area (Å²) in [6, 6.07) is 7.36. The standard InChI is InChI=1S/C18H26N4O5S2/c1-14-4-6-15(7-5-14)13-29(25,26)21(2)12-17-19-18(20-27-17)16-8-10-22(11-9-16)28(3,23)24/h4-7,16H,8-13H2,1-3H3. The van der Waals surface area contributed by atoms with Gasteiger partial charge in [-0.05, 0) is 25.3 Å². The molecule has 1 aliphatic rings. The Kier molecular flexibility index (Phi) is 6.42. The van der Waals surface area contributed by atoms with Crippen molar-refractivity contribution >= 4 is 20.0 Å². The fourth-order valence-electron chi connectivity index (χ4n) is 3.24. The molecule has 0 radical (unpaired) electrons. The summed E-state index contributed by atoms with van der Waals surface area (Å²) in [5.41, 5.74) is 1.78. The van der Waals surface area contributed by atoms with E-state index < -0.39 is 20.0 Å². The van der Waals surface area contributed by atoms with Crippen LogP contribution in [-0.2, 0) is 32.3 Å². The largest absolute Gasteiger partial charge is 0.338 e. The van der Waals surface area contributed by atoms with E-state index in [1.165, 1.54) is 21.9 Å². The molecule has 2 heterocycles. The van der Waals surface area contributed by atoms with Crippen LogP contribution >= 0.6 is 0 Å².